The fourth-order valence-corrected chi connectivity index (χ4v) is 5.08. The molecule has 0 saturated carbocycles. The SMILES string of the molecule is C=CCN(c1ccccc1C1=NC(=Cc2ccccc2Cl)C(=O)O1)S(=O)(=O)c1ccc(Cl)cc1. The lowest BCUT2D eigenvalue weighted by Gasteiger charge is -2.25. The standard InChI is InChI=1S/C25H18Cl2N2O4S/c1-2-15-29(34(31,32)19-13-11-18(26)12-14-19)23-10-6-4-8-20(23)24-28-22(25(30)33-24)16-17-7-3-5-9-21(17)27/h2-14,16H,1,15H2. The number of hydrogen-bond donors (Lipinski definition) is 0. The van der Waals surface area contributed by atoms with Crippen LogP contribution in [-0.2, 0) is 19.6 Å². The number of cyclic esters (lactones) is 1. The third-order valence-electron chi connectivity index (χ3n) is 4.92. The second kappa shape index (κ2) is 9.85. The predicted molar refractivity (Wildman–Crippen MR) is 135 cm³/mol. The molecule has 1 aliphatic heterocycles. The molecule has 34 heavy (non-hydrogen) atoms. The van der Waals surface area contributed by atoms with E-state index in [2.05, 4.69) is 11.6 Å². The molecule has 0 bridgehead atoms. The zero-order chi connectivity index (χ0) is 24.3. The van der Waals surface area contributed by atoms with Crippen molar-refractivity contribution in [3.05, 3.63) is 112 Å². The lowest BCUT2D eigenvalue weighted by Crippen LogP contribution is -2.32. The van der Waals surface area contributed by atoms with Gasteiger partial charge in [0.25, 0.3) is 10.0 Å². The summed E-state index contributed by atoms with van der Waals surface area (Å²) in [4.78, 5) is 16.9. The summed E-state index contributed by atoms with van der Waals surface area (Å²) in [5.74, 6) is -0.681. The van der Waals surface area contributed by atoms with Crippen molar-refractivity contribution >= 4 is 56.9 Å². The van der Waals surface area contributed by atoms with Gasteiger partial charge in [-0.15, -0.1) is 6.58 Å². The van der Waals surface area contributed by atoms with Crippen molar-refractivity contribution in [3.8, 4) is 0 Å². The van der Waals surface area contributed by atoms with Crippen molar-refractivity contribution in [2.24, 2.45) is 4.99 Å². The van der Waals surface area contributed by atoms with E-state index in [-0.39, 0.29) is 28.7 Å². The largest absolute Gasteiger partial charge is 0.402 e. The van der Waals surface area contributed by atoms with Gasteiger partial charge in [-0.25, -0.2) is 18.2 Å². The summed E-state index contributed by atoms with van der Waals surface area (Å²) in [6, 6.07) is 19.5. The highest BCUT2D eigenvalue weighted by Gasteiger charge is 2.31. The quantitative estimate of drug-likeness (QED) is 0.230. The number of nitrogens with zero attached hydrogens (tertiary/aromatic N) is 2. The number of carbonyl (C=O) groups is 1. The number of esters is 1. The number of hydrogen-bond acceptors (Lipinski definition) is 5. The molecule has 0 spiro atoms. The summed E-state index contributed by atoms with van der Waals surface area (Å²) < 4.78 is 33.5. The van der Waals surface area contributed by atoms with Crippen LogP contribution in [0.1, 0.15) is 11.1 Å². The molecule has 3 aromatic carbocycles. The van der Waals surface area contributed by atoms with Gasteiger partial charge in [0.15, 0.2) is 5.70 Å². The van der Waals surface area contributed by atoms with Crippen LogP contribution in [0.3, 0.4) is 0 Å². The van der Waals surface area contributed by atoms with Gasteiger partial charge in [0.1, 0.15) is 0 Å². The average Bonchev–Trinajstić information content (AvgIpc) is 3.19. The molecule has 3 aromatic rings. The Bertz CT molecular complexity index is 1430. The summed E-state index contributed by atoms with van der Waals surface area (Å²) in [5, 5.41) is 0.873. The first kappa shape index (κ1) is 23.8. The van der Waals surface area contributed by atoms with Crippen LogP contribution in [0.4, 0.5) is 5.69 Å². The first-order valence-corrected chi connectivity index (χ1v) is 12.3. The van der Waals surface area contributed by atoms with Crippen LogP contribution < -0.4 is 4.31 Å². The average molecular weight is 513 g/mol. The Morgan fingerprint density at radius 3 is 2.35 bits per heavy atom. The molecule has 9 heteroatoms. The number of anilines is 1. The van der Waals surface area contributed by atoms with E-state index in [0.717, 1.165) is 0 Å². The van der Waals surface area contributed by atoms with Crippen molar-refractivity contribution in [3.63, 3.8) is 0 Å². The molecule has 0 aliphatic carbocycles. The van der Waals surface area contributed by atoms with Crippen LogP contribution in [0.5, 0.6) is 0 Å². The van der Waals surface area contributed by atoms with Crippen molar-refractivity contribution in [1.82, 2.24) is 0 Å². The second-order valence-corrected chi connectivity index (χ2v) is 9.86. The number of aliphatic imine (C=N–C) groups is 1. The second-order valence-electron chi connectivity index (χ2n) is 7.15. The number of sulfonamides is 1. The molecule has 172 valence electrons. The van der Waals surface area contributed by atoms with Gasteiger partial charge in [-0.3, -0.25) is 4.31 Å². The number of halogens is 2. The van der Waals surface area contributed by atoms with Gasteiger partial charge in [0.2, 0.25) is 5.90 Å². The van der Waals surface area contributed by atoms with Crippen molar-refractivity contribution in [1.29, 1.82) is 0 Å². The normalized spacial score (nSPS) is 14.6. The zero-order valence-electron chi connectivity index (χ0n) is 17.7. The Morgan fingerprint density at radius 2 is 1.65 bits per heavy atom. The fraction of sp³-hybridized carbons (Fsp3) is 0.0400. The van der Waals surface area contributed by atoms with Crippen LogP contribution in [0, 0.1) is 0 Å². The Kier molecular flexibility index (Phi) is 6.88. The maximum Gasteiger partial charge on any atom is 0.363 e. The van der Waals surface area contributed by atoms with E-state index in [4.69, 9.17) is 27.9 Å². The van der Waals surface area contributed by atoms with Gasteiger partial charge in [0, 0.05) is 10.0 Å². The minimum absolute atomic E-state index is 0.0146. The summed E-state index contributed by atoms with van der Waals surface area (Å²) in [6.45, 7) is 3.67. The minimum atomic E-state index is -3.99. The first-order valence-electron chi connectivity index (χ1n) is 10.1. The lowest BCUT2D eigenvalue weighted by atomic mass is 10.1. The molecular formula is C25H18Cl2N2O4S. The molecule has 0 fully saturated rings. The third kappa shape index (κ3) is 4.77. The molecule has 0 radical (unpaired) electrons. The van der Waals surface area contributed by atoms with Gasteiger partial charge in [-0.05, 0) is 54.1 Å². The van der Waals surface area contributed by atoms with Gasteiger partial charge in [-0.2, -0.15) is 0 Å². The van der Waals surface area contributed by atoms with E-state index in [1.165, 1.54) is 40.7 Å². The third-order valence-corrected chi connectivity index (χ3v) is 7.31. The van der Waals surface area contributed by atoms with E-state index in [0.29, 0.717) is 21.2 Å². The minimum Gasteiger partial charge on any atom is -0.402 e. The van der Waals surface area contributed by atoms with E-state index in [9.17, 15) is 13.2 Å². The summed E-state index contributed by atoms with van der Waals surface area (Å²) in [7, 11) is -3.99. The number of para-hydroxylation sites is 1. The Morgan fingerprint density at radius 1 is 0.971 bits per heavy atom. The van der Waals surface area contributed by atoms with E-state index < -0.39 is 16.0 Å². The Hall–Kier alpha value is -3.39. The maximum absolute atomic E-state index is 13.5. The number of rotatable bonds is 7. The molecule has 0 atom stereocenters. The first-order chi connectivity index (χ1) is 16.3. The van der Waals surface area contributed by atoms with E-state index in [1.54, 1.807) is 48.5 Å². The van der Waals surface area contributed by atoms with E-state index in [1.807, 2.05) is 0 Å². The molecular weight excluding hydrogens is 495 g/mol. The van der Waals surface area contributed by atoms with Crippen molar-refractivity contribution in [2.75, 3.05) is 10.8 Å². The van der Waals surface area contributed by atoms with Crippen LogP contribution in [0.25, 0.3) is 6.08 Å². The molecule has 1 aliphatic rings. The topological polar surface area (TPSA) is 76.0 Å². The molecule has 1 heterocycles. The summed E-state index contributed by atoms with van der Waals surface area (Å²) in [5.41, 5.74) is 1.27. The molecule has 0 aromatic heterocycles. The number of carbonyl (C=O) groups excluding carboxylic acids is 1. The number of ether oxygens (including phenoxy) is 1. The highest BCUT2D eigenvalue weighted by Crippen LogP contribution is 2.31. The molecule has 4 rings (SSSR count). The molecule has 0 saturated heterocycles. The monoisotopic (exact) mass is 512 g/mol. The summed E-state index contributed by atoms with van der Waals surface area (Å²) >= 11 is 12.1. The molecule has 6 nitrogen and oxygen atoms in total. The van der Waals surface area contributed by atoms with Crippen LogP contribution in [0.15, 0.2) is 101 Å². The van der Waals surface area contributed by atoms with Crippen molar-refractivity contribution in [2.45, 2.75) is 4.90 Å². The fourth-order valence-electron chi connectivity index (χ4n) is 3.31. The van der Waals surface area contributed by atoms with Gasteiger partial charge < -0.3 is 4.74 Å². The van der Waals surface area contributed by atoms with Crippen molar-refractivity contribution < 1.29 is 17.9 Å². The molecule has 0 unspecified atom stereocenters. The summed E-state index contributed by atoms with van der Waals surface area (Å²) in [6.07, 6.45) is 2.99. The smallest absolute Gasteiger partial charge is 0.363 e. The molecule has 0 amide bonds. The van der Waals surface area contributed by atoms with E-state index >= 15 is 0 Å². The maximum atomic E-state index is 13.5. The van der Waals surface area contributed by atoms with Crippen LogP contribution in [-0.4, -0.2) is 26.8 Å². The zero-order valence-corrected chi connectivity index (χ0v) is 20.0. The van der Waals surface area contributed by atoms with Gasteiger partial charge in [0.05, 0.1) is 22.7 Å². The molecule has 0 N–H and O–H groups in total. The van der Waals surface area contributed by atoms with Crippen LogP contribution in [0.2, 0.25) is 10.0 Å². The van der Waals surface area contributed by atoms with Crippen LogP contribution >= 0.6 is 23.2 Å². The number of benzene rings is 3. The Balaban J connectivity index is 1.79. The van der Waals surface area contributed by atoms with Gasteiger partial charge >= 0.3 is 5.97 Å². The Labute approximate surface area is 207 Å². The van der Waals surface area contributed by atoms with Gasteiger partial charge in [-0.1, -0.05) is 59.6 Å². The highest BCUT2D eigenvalue weighted by atomic mass is 35.5. The predicted octanol–water partition coefficient (Wildman–Crippen LogP) is 5.72. The lowest BCUT2D eigenvalue weighted by molar-refractivity contribution is -0.129. The highest BCUT2D eigenvalue weighted by molar-refractivity contribution is 7.92.